The van der Waals surface area contributed by atoms with Crippen molar-refractivity contribution in [3.8, 4) is 0 Å². The highest BCUT2D eigenvalue weighted by atomic mass is 32.2. The Morgan fingerprint density at radius 1 is 1.03 bits per heavy atom. The highest BCUT2D eigenvalue weighted by Crippen LogP contribution is 2.17. The summed E-state index contributed by atoms with van der Waals surface area (Å²) in [4.78, 5) is 22.8. The first kappa shape index (κ1) is 25.9. The molecule has 30 heavy (non-hydrogen) atoms. The third kappa shape index (κ3) is 10.1. The van der Waals surface area contributed by atoms with E-state index >= 15 is 0 Å². The van der Waals surface area contributed by atoms with E-state index in [2.05, 4.69) is 5.32 Å². The molecule has 1 rings (SSSR count). The molecule has 0 aliphatic heterocycles. The summed E-state index contributed by atoms with van der Waals surface area (Å²) in [7, 11) is -3.67. The zero-order valence-corrected chi connectivity index (χ0v) is 19.4. The fourth-order valence-electron chi connectivity index (χ4n) is 2.59. The summed E-state index contributed by atoms with van der Waals surface area (Å²) >= 11 is 0. The Bertz CT molecular complexity index is 785. The molecule has 170 valence electrons. The van der Waals surface area contributed by atoms with Gasteiger partial charge in [0.05, 0.1) is 11.5 Å². The van der Waals surface area contributed by atoms with Gasteiger partial charge < -0.3 is 14.8 Å². The third-order valence-corrected chi connectivity index (χ3v) is 5.93. The van der Waals surface area contributed by atoms with E-state index in [4.69, 9.17) is 9.47 Å². The first-order valence-corrected chi connectivity index (χ1v) is 11.5. The van der Waals surface area contributed by atoms with Gasteiger partial charge >= 0.3 is 12.1 Å². The molecule has 1 amide bonds. The number of carbonyl (C=O) groups excluding carboxylic acids is 2. The van der Waals surface area contributed by atoms with Gasteiger partial charge in [0.1, 0.15) is 5.60 Å². The van der Waals surface area contributed by atoms with E-state index in [9.17, 15) is 18.0 Å². The molecule has 0 bridgehead atoms. The van der Waals surface area contributed by atoms with Crippen molar-refractivity contribution < 1.29 is 27.5 Å². The van der Waals surface area contributed by atoms with Crippen molar-refractivity contribution >= 4 is 22.1 Å². The van der Waals surface area contributed by atoms with E-state index in [0.717, 1.165) is 5.56 Å². The van der Waals surface area contributed by atoms with Crippen LogP contribution in [0.5, 0.6) is 0 Å². The van der Waals surface area contributed by atoms with Gasteiger partial charge in [0.15, 0.2) is 0 Å². The number of unbranched alkanes of at least 4 members (excludes halogenated alkanes) is 1. The van der Waals surface area contributed by atoms with E-state index in [1.807, 2.05) is 6.92 Å². The molecular formula is C21H34N2O6S. The molecule has 0 atom stereocenters. The predicted molar refractivity (Wildman–Crippen MR) is 115 cm³/mol. The smallest absolute Gasteiger partial charge is 0.407 e. The van der Waals surface area contributed by atoms with Crippen molar-refractivity contribution in [1.82, 2.24) is 9.62 Å². The van der Waals surface area contributed by atoms with Crippen LogP contribution < -0.4 is 5.32 Å². The van der Waals surface area contributed by atoms with Crippen molar-refractivity contribution in [1.29, 1.82) is 0 Å². The number of benzene rings is 1. The molecular weight excluding hydrogens is 408 g/mol. The number of nitrogens with zero attached hydrogens (tertiary/aromatic N) is 1. The molecule has 1 aromatic rings. The van der Waals surface area contributed by atoms with Crippen LogP contribution in [0.25, 0.3) is 0 Å². The molecule has 1 N–H and O–H groups in total. The van der Waals surface area contributed by atoms with Crippen LogP contribution in [0.1, 0.15) is 52.5 Å². The number of hydrogen-bond acceptors (Lipinski definition) is 6. The summed E-state index contributed by atoms with van der Waals surface area (Å²) in [6.07, 6.45) is 1.08. The topological polar surface area (TPSA) is 102 Å². The largest absolute Gasteiger partial charge is 0.466 e. The Balaban J connectivity index is 2.64. The Hall–Kier alpha value is -2.13. The van der Waals surface area contributed by atoms with E-state index in [-0.39, 0.29) is 18.0 Å². The molecule has 0 aliphatic rings. The van der Waals surface area contributed by atoms with Crippen LogP contribution in [-0.2, 0) is 24.3 Å². The fraction of sp³-hybridized carbons (Fsp3) is 0.619. The summed E-state index contributed by atoms with van der Waals surface area (Å²) in [6, 6.07) is 6.70. The lowest BCUT2D eigenvalue weighted by atomic mass is 10.2. The van der Waals surface area contributed by atoms with Crippen molar-refractivity contribution in [3.05, 3.63) is 29.8 Å². The van der Waals surface area contributed by atoms with E-state index in [0.29, 0.717) is 32.4 Å². The normalized spacial score (nSPS) is 11.9. The lowest BCUT2D eigenvalue weighted by Crippen LogP contribution is -2.35. The third-order valence-electron chi connectivity index (χ3n) is 4.02. The average molecular weight is 443 g/mol. The molecule has 0 radical (unpaired) electrons. The second kappa shape index (κ2) is 11.9. The molecule has 0 heterocycles. The van der Waals surface area contributed by atoms with Crippen LogP contribution in [0.2, 0.25) is 0 Å². The number of alkyl carbamates (subject to hydrolysis) is 1. The van der Waals surface area contributed by atoms with Gasteiger partial charge in [-0.3, -0.25) is 4.79 Å². The van der Waals surface area contributed by atoms with E-state index in [1.165, 1.54) is 11.2 Å². The summed E-state index contributed by atoms with van der Waals surface area (Å²) < 4.78 is 37.5. The van der Waals surface area contributed by atoms with Crippen LogP contribution in [0.3, 0.4) is 0 Å². The highest BCUT2D eigenvalue weighted by molar-refractivity contribution is 7.89. The second-order valence-electron chi connectivity index (χ2n) is 8.05. The molecule has 0 saturated heterocycles. The van der Waals surface area contributed by atoms with Crippen LogP contribution in [0.4, 0.5) is 4.79 Å². The number of sulfonamides is 1. The van der Waals surface area contributed by atoms with Gasteiger partial charge in [-0.15, -0.1) is 0 Å². The van der Waals surface area contributed by atoms with Crippen LogP contribution in [0.15, 0.2) is 29.2 Å². The van der Waals surface area contributed by atoms with Crippen LogP contribution in [0, 0.1) is 6.92 Å². The zero-order valence-electron chi connectivity index (χ0n) is 18.6. The number of hydrogen-bond donors (Lipinski definition) is 1. The summed E-state index contributed by atoms with van der Waals surface area (Å²) in [5, 5.41) is 2.67. The fourth-order valence-corrected chi connectivity index (χ4v) is 4.10. The second-order valence-corrected chi connectivity index (χ2v) is 9.98. The number of amides is 1. The minimum atomic E-state index is -3.67. The van der Waals surface area contributed by atoms with Crippen LogP contribution >= 0.6 is 0 Å². The first-order chi connectivity index (χ1) is 13.9. The molecule has 0 unspecified atom stereocenters. The van der Waals surface area contributed by atoms with Crippen molar-refractivity contribution in [3.63, 3.8) is 0 Å². The summed E-state index contributed by atoms with van der Waals surface area (Å²) in [6.45, 7) is 9.66. The Morgan fingerprint density at radius 2 is 1.63 bits per heavy atom. The zero-order chi connectivity index (χ0) is 22.8. The Morgan fingerprint density at radius 3 is 2.20 bits per heavy atom. The lowest BCUT2D eigenvalue weighted by molar-refractivity contribution is -0.141. The molecule has 0 aromatic heterocycles. The molecule has 0 aliphatic carbocycles. The molecule has 1 aromatic carbocycles. The minimum absolute atomic E-state index is 0.162. The van der Waals surface area contributed by atoms with Crippen LogP contribution in [-0.4, -0.2) is 56.6 Å². The number of nitrogens with one attached hydrogen (secondary N) is 1. The highest BCUT2D eigenvalue weighted by Gasteiger charge is 2.24. The molecule has 0 fully saturated rings. The van der Waals surface area contributed by atoms with Crippen molar-refractivity contribution in [2.24, 2.45) is 0 Å². The monoisotopic (exact) mass is 442 g/mol. The quantitative estimate of drug-likeness (QED) is 0.417. The number of carbonyl (C=O) groups is 2. The number of ether oxygens (including phenoxy) is 2. The summed E-state index contributed by atoms with van der Waals surface area (Å²) in [5.41, 5.74) is 0.411. The molecule has 0 spiro atoms. The van der Waals surface area contributed by atoms with Gasteiger partial charge in [-0.2, -0.15) is 4.31 Å². The minimum Gasteiger partial charge on any atom is -0.466 e. The van der Waals surface area contributed by atoms with E-state index < -0.39 is 27.7 Å². The van der Waals surface area contributed by atoms with Gasteiger partial charge in [-0.25, -0.2) is 13.2 Å². The Kier molecular flexibility index (Phi) is 10.3. The lowest BCUT2D eigenvalue weighted by Gasteiger charge is -2.22. The van der Waals surface area contributed by atoms with E-state index in [1.54, 1.807) is 45.0 Å². The maximum atomic E-state index is 13.0. The standard InChI is InChI=1S/C21H34N2O6S/c1-17-9-11-19(12-10-17)30(26,27)23(15-8-16-28-18(2)24)14-7-6-13-22-20(25)29-21(3,4)5/h9-12H,6-8,13-16H2,1-5H3,(H,22,25). The Labute approximate surface area is 180 Å². The number of aryl methyl sites for hydroxylation is 1. The molecule has 9 heteroatoms. The molecule has 8 nitrogen and oxygen atoms in total. The average Bonchev–Trinajstić information content (AvgIpc) is 2.61. The SMILES string of the molecule is CC(=O)OCCCN(CCCCNC(=O)OC(C)(C)C)S(=O)(=O)c1ccc(C)cc1. The number of esters is 1. The maximum Gasteiger partial charge on any atom is 0.407 e. The number of rotatable bonds is 11. The maximum absolute atomic E-state index is 13.0. The van der Waals surface area contributed by atoms with Gasteiger partial charge in [0.2, 0.25) is 10.0 Å². The summed E-state index contributed by atoms with van der Waals surface area (Å²) in [5.74, 6) is -0.392. The molecule has 0 saturated carbocycles. The van der Waals surface area contributed by atoms with Gasteiger partial charge in [0.25, 0.3) is 0 Å². The van der Waals surface area contributed by atoms with Crippen molar-refractivity contribution in [2.45, 2.75) is 64.4 Å². The van der Waals surface area contributed by atoms with Gasteiger partial charge in [-0.1, -0.05) is 17.7 Å². The first-order valence-electron chi connectivity index (χ1n) is 10.1. The van der Waals surface area contributed by atoms with Gasteiger partial charge in [0, 0.05) is 26.6 Å². The van der Waals surface area contributed by atoms with Gasteiger partial charge in [-0.05, 0) is 59.1 Å². The predicted octanol–water partition coefficient (Wildman–Crippen LogP) is 3.24. The van der Waals surface area contributed by atoms with Crippen molar-refractivity contribution in [2.75, 3.05) is 26.2 Å².